The van der Waals surface area contributed by atoms with E-state index in [9.17, 15) is 20.1 Å². The number of benzene rings is 2. The first-order chi connectivity index (χ1) is 12.5. The van der Waals surface area contributed by atoms with Crippen molar-refractivity contribution in [3.63, 3.8) is 0 Å². The minimum atomic E-state index is -1.88. The van der Waals surface area contributed by atoms with E-state index in [2.05, 4.69) is 0 Å². The number of carbonyl (C=O) groups excluding carboxylic acids is 1. The van der Waals surface area contributed by atoms with Gasteiger partial charge in [-0.05, 0) is 23.3 Å². The lowest BCUT2D eigenvalue weighted by atomic mass is 9.82. The van der Waals surface area contributed by atoms with E-state index in [-0.39, 0.29) is 18.6 Å². The van der Waals surface area contributed by atoms with Crippen molar-refractivity contribution in [2.75, 3.05) is 0 Å². The van der Waals surface area contributed by atoms with Crippen LogP contribution in [0.2, 0.25) is 0 Å². The van der Waals surface area contributed by atoms with Crippen molar-refractivity contribution in [2.45, 2.75) is 24.7 Å². The molecule has 134 valence electrons. The summed E-state index contributed by atoms with van der Waals surface area (Å²) in [7, 11) is 0. The number of aliphatic hydroxyl groups is 3. The second-order valence-electron chi connectivity index (χ2n) is 6.24. The minimum Gasteiger partial charge on any atom is -0.509 e. The molecule has 0 radical (unpaired) electrons. The SMILES string of the molecule is O=C(OCc1ccccc1)C1=CC(O)C(O)(Cc2ccccc2)C(O)=C1. The van der Waals surface area contributed by atoms with Crippen LogP contribution >= 0.6 is 0 Å². The molecule has 3 N–H and O–H groups in total. The molecule has 5 nitrogen and oxygen atoms in total. The fourth-order valence-corrected chi connectivity index (χ4v) is 2.82. The average molecular weight is 352 g/mol. The largest absolute Gasteiger partial charge is 0.509 e. The van der Waals surface area contributed by atoms with E-state index in [0.29, 0.717) is 0 Å². The molecule has 26 heavy (non-hydrogen) atoms. The van der Waals surface area contributed by atoms with Gasteiger partial charge in [-0.25, -0.2) is 4.79 Å². The highest BCUT2D eigenvalue weighted by atomic mass is 16.5. The first kappa shape index (κ1) is 17.9. The molecule has 0 heterocycles. The Hall–Kier alpha value is -2.89. The van der Waals surface area contributed by atoms with Gasteiger partial charge in [0.15, 0.2) is 5.60 Å². The predicted molar refractivity (Wildman–Crippen MR) is 96.1 cm³/mol. The number of hydrogen-bond donors (Lipinski definition) is 3. The zero-order chi connectivity index (χ0) is 18.6. The molecule has 2 unspecified atom stereocenters. The van der Waals surface area contributed by atoms with Gasteiger partial charge in [0, 0.05) is 6.42 Å². The Morgan fingerprint density at radius 2 is 1.58 bits per heavy atom. The van der Waals surface area contributed by atoms with Crippen LogP contribution < -0.4 is 0 Å². The number of hydrogen-bond acceptors (Lipinski definition) is 5. The van der Waals surface area contributed by atoms with Crippen molar-refractivity contribution in [3.8, 4) is 0 Å². The zero-order valence-corrected chi connectivity index (χ0v) is 14.1. The molecule has 2 aromatic rings. The molecular weight excluding hydrogens is 332 g/mol. The van der Waals surface area contributed by atoms with Gasteiger partial charge in [-0.3, -0.25) is 0 Å². The summed E-state index contributed by atoms with van der Waals surface area (Å²) < 4.78 is 5.20. The van der Waals surface area contributed by atoms with Crippen LogP contribution in [0.25, 0.3) is 0 Å². The summed E-state index contributed by atoms with van der Waals surface area (Å²) in [6.45, 7) is 0.0794. The van der Waals surface area contributed by atoms with Crippen LogP contribution in [-0.2, 0) is 22.6 Å². The number of ether oxygens (including phenoxy) is 1. The molecule has 0 spiro atoms. The van der Waals surface area contributed by atoms with Crippen LogP contribution in [0.3, 0.4) is 0 Å². The van der Waals surface area contributed by atoms with Crippen molar-refractivity contribution < 1.29 is 24.9 Å². The van der Waals surface area contributed by atoms with Crippen molar-refractivity contribution >= 4 is 5.97 Å². The number of esters is 1. The van der Waals surface area contributed by atoms with Crippen molar-refractivity contribution in [1.29, 1.82) is 0 Å². The van der Waals surface area contributed by atoms with Crippen LogP contribution in [-0.4, -0.2) is 33.0 Å². The van der Waals surface area contributed by atoms with Gasteiger partial charge in [-0.1, -0.05) is 60.7 Å². The van der Waals surface area contributed by atoms with E-state index >= 15 is 0 Å². The molecule has 0 saturated carbocycles. The van der Waals surface area contributed by atoms with Crippen LogP contribution in [0.15, 0.2) is 84.1 Å². The number of rotatable bonds is 5. The molecule has 1 aliphatic carbocycles. The van der Waals surface area contributed by atoms with Gasteiger partial charge in [0.1, 0.15) is 18.5 Å². The van der Waals surface area contributed by atoms with Gasteiger partial charge in [0.25, 0.3) is 0 Å². The third-order valence-corrected chi connectivity index (χ3v) is 4.33. The topological polar surface area (TPSA) is 87.0 Å². The molecule has 3 rings (SSSR count). The van der Waals surface area contributed by atoms with E-state index in [1.807, 2.05) is 36.4 Å². The van der Waals surface area contributed by atoms with Crippen molar-refractivity contribution in [3.05, 3.63) is 95.3 Å². The molecule has 2 aromatic carbocycles. The quantitative estimate of drug-likeness (QED) is 0.720. The van der Waals surface area contributed by atoms with Crippen LogP contribution in [0, 0.1) is 0 Å². The van der Waals surface area contributed by atoms with Crippen LogP contribution in [0.5, 0.6) is 0 Å². The molecular formula is C21H20O5. The van der Waals surface area contributed by atoms with Gasteiger partial charge in [0.2, 0.25) is 0 Å². The van der Waals surface area contributed by atoms with Gasteiger partial charge in [-0.2, -0.15) is 0 Å². The summed E-state index contributed by atoms with van der Waals surface area (Å²) in [4.78, 5) is 12.2. The van der Waals surface area contributed by atoms with Gasteiger partial charge in [0.05, 0.1) is 5.57 Å². The molecule has 5 heteroatoms. The standard InChI is InChI=1S/C21H20O5/c22-18-11-17(20(24)26-14-16-9-5-2-6-10-16)12-19(23)21(18,25)13-15-7-3-1-4-8-15/h1-12,18,22-23,25H,13-14H2. The maximum Gasteiger partial charge on any atom is 0.338 e. The lowest BCUT2D eigenvalue weighted by Crippen LogP contribution is -2.47. The molecule has 0 fully saturated rings. The van der Waals surface area contributed by atoms with E-state index in [4.69, 9.17) is 4.74 Å². The normalized spacial score (nSPS) is 22.3. The van der Waals surface area contributed by atoms with E-state index in [1.54, 1.807) is 24.3 Å². The molecule has 0 aliphatic heterocycles. The second kappa shape index (κ2) is 7.56. The van der Waals surface area contributed by atoms with Crippen molar-refractivity contribution in [1.82, 2.24) is 0 Å². The summed E-state index contributed by atoms with van der Waals surface area (Å²) in [6.07, 6.45) is 0.922. The summed E-state index contributed by atoms with van der Waals surface area (Å²) in [5.41, 5.74) is -0.308. The Kier molecular flexibility index (Phi) is 5.21. The smallest absolute Gasteiger partial charge is 0.338 e. The van der Waals surface area contributed by atoms with Crippen LogP contribution in [0.1, 0.15) is 11.1 Å². The van der Waals surface area contributed by atoms with Gasteiger partial charge in [-0.15, -0.1) is 0 Å². The monoisotopic (exact) mass is 352 g/mol. The fourth-order valence-electron chi connectivity index (χ4n) is 2.82. The lowest BCUT2D eigenvalue weighted by Gasteiger charge is -2.33. The van der Waals surface area contributed by atoms with Gasteiger partial charge >= 0.3 is 5.97 Å². The maximum atomic E-state index is 12.2. The molecule has 0 aromatic heterocycles. The number of aliphatic hydroxyl groups excluding tert-OH is 2. The Labute approximate surface area is 151 Å². The first-order valence-corrected chi connectivity index (χ1v) is 8.27. The Balaban J connectivity index is 1.71. The van der Waals surface area contributed by atoms with E-state index in [0.717, 1.165) is 17.2 Å². The highest BCUT2D eigenvalue weighted by Gasteiger charge is 2.42. The first-order valence-electron chi connectivity index (χ1n) is 8.27. The summed E-state index contributed by atoms with van der Waals surface area (Å²) in [6, 6.07) is 18.2. The number of carbonyl (C=O) groups is 1. The summed E-state index contributed by atoms with van der Waals surface area (Å²) in [5.74, 6) is -1.15. The maximum absolute atomic E-state index is 12.2. The highest BCUT2D eigenvalue weighted by molar-refractivity contribution is 5.92. The van der Waals surface area contributed by atoms with Gasteiger partial charge < -0.3 is 20.1 Å². The minimum absolute atomic E-state index is 0.00340. The molecule has 2 atom stereocenters. The molecule has 0 saturated heterocycles. The average Bonchev–Trinajstić information content (AvgIpc) is 2.66. The van der Waals surface area contributed by atoms with Crippen molar-refractivity contribution in [2.24, 2.45) is 0 Å². The Morgan fingerprint density at radius 1 is 1.00 bits per heavy atom. The third kappa shape index (κ3) is 3.85. The summed E-state index contributed by atoms with van der Waals surface area (Å²) in [5, 5.41) is 31.3. The van der Waals surface area contributed by atoms with Crippen LogP contribution in [0.4, 0.5) is 0 Å². The molecule has 0 bridgehead atoms. The second-order valence-corrected chi connectivity index (χ2v) is 6.24. The van der Waals surface area contributed by atoms with E-state index < -0.39 is 23.4 Å². The Bertz CT molecular complexity index is 826. The fraction of sp³-hybridized carbons (Fsp3) is 0.190. The lowest BCUT2D eigenvalue weighted by molar-refractivity contribution is -0.140. The highest BCUT2D eigenvalue weighted by Crippen LogP contribution is 2.31. The predicted octanol–water partition coefficient (Wildman–Crippen LogP) is 2.45. The Morgan fingerprint density at radius 3 is 2.15 bits per heavy atom. The molecule has 0 amide bonds. The summed E-state index contributed by atoms with van der Waals surface area (Å²) >= 11 is 0. The zero-order valence-electron chi connectivity index (χ0n) is 14.1. The third-order valence-electron chi connectivity index (χ3n) is 4.33. The molecule has 1 aliphatic rings. The van der Waals surface area contributed by atoms with E-state index in [1.165, 1.54) is 6.08 Å².